The second-order valence-electron chi connectivity index (χ2n) is 3.45. The van der Waals surface area contributed by atoms with E-state index in [-0.39, 0.29) is 5.03 Å². The molecule has 0 bridgehead atoms. The van der Waals surface area contributed by atoms with E-state index in [2.05, 4.69) is 15.2 Å². The highest BCUT2D eigenvalue weighted by Gasteiger charge is 2.04. The lowest BCUT2D eigenvalue weighted by Gasteiger charge is -2.03. The molecule has 1 heterocycles. The minimum atomic E-state index is -0.606. The number of aromatic amines is 2. The van der Waals surface area contributed by atoms with Crippen LogP contribution in [0.3, 0.4) is 0 Å². The minimum absolute atomic E-state index is 0.234. The quantitative estimate of drug-likeness (QED) is 0.797. The average molecular weight is 265 g/mol. The molecule has 0 aliphatic carbocycles. The van der Waals surface area contributed by atoms with Crippen molar-refractivity contribution in [2.45, 2.75) is 10.8 Å². The summed E-state index contributed by atoms with van der Waals surface area (Å²) in [4.78, 5) is 24.3. The number of hydrogen-bond acceptors (Lipinski definition) is 5. The van der Waals surface area contributed by atoms with E-state index in [0.29, 0.717) is 5.75 Å². The van der Waals surface area contributed by atoms with Crippen molar-refractivity contribution >= 4 is 11.8 Å². The second-order valence-corrected chi connectivity index (χ2v) is 4.42. The maximum Gasteiger partial charge on any atom is 0.342 e. The van der Waals surface area contributed by atoms with Gasteiger partial charge in [-0.1, -0.05) is 23.9 Å². The zero-order valence-corrected chi connectivity index (χ0v) is 10.4. The van der Waals surface area contributed by atoms with Gasteiger partial charge in [-0.05, 0) is 17.7 Å². The van der Waals surface area contributed by atoms with Crippen LogP contribution in [-0.2, 0) is 5.75 Å². The predicted molar refractivity (Wildman–Crippen MR) is 68.0 cm³/mol. The number of nitrogens with zero attached hydrogens (tertiary/aromatic N) is 1. The Bertz CT molecular complexity index is 650. The fraction of sp³-hybridized carbons (Fsp3) is 0.182. The molecule has 0 atom stereocenters. The van der Waals surface area contributed by atoms with Crippen molar-refractivity contribution in [3.63, 3.8) is 0 Å². The molecule has 1 aromatic carbocycles. The van der Waals surface area contributed by atoms with E-state index in [1.165, 1.54) is 11.8 Å². The number of hydrogen-bond donors (Lipinski definition) is 2. The Hall–Kier alpha value is -2.02. The third-order valence-corrected chi connectivity index (χ3v) is 3.22. The number of H-pyrrole nitrogens is 2. The van der Waals surface area contributed by atoms with Crippen LogP contribution < -0.4 is 16.0 Å². The molecule has 0 aliphatic rings. The average Bonchev–Trinajstić information content (AvgIpc) is 2.38. The van der Waals surface area contributed by atoms with Crippen LogP contribution in [0, 0.1) is 0 Å². The maximum absolute atomic E-state index is 11.4. The molecule has 94 valence electrons. The summed E-state index contributed by atoms with van der Waals surface area (Å²) in [6.07, 6.45) is 0. The van der Waals surface area contributed by atoms with Gasteiger partial charge in [-0.25, -0.2) is 9.89 Å². The fourth-order valence-electron chi connectivity index (χ4n) is 1.35. The van der Waals surface area contributed by atoms with Gasteiger partial charge in [0.1, 0.15) is 5.75 Å². The third-order valence-electron chi connectivity index (χ3n) is 2.19. The van der Waals surface area contributed by atoms with Crippen LogP contribution in [-0.4, -0.2) is 22.3 Å². The normalized spacial score (nSPS) is 10.3. The number of nitrogens with one attached hydrogen (secondary N) is 2. The van der Waals surface area contributed by atoms with Crippen molar-refractivity contribution in [1.82, 2.24) is 15.2 Å². The fourth-order valence-corrected chi connectivity index (χ4v) is 2.12. The van der Waals surface area contributed by atoms with Gasteiger partial charge in [-0.2, -0.15) is 5.10 Å². The molecular weight excluding hydrogens is 254 g/mol. The van der Waals surface area contributed by atoms with E-state index in [1.807, 2.05) is 24.3 Å². The highest BCUT2D eigenvalue weighted by molar-refractivity contribution is 7.98. The monoisotopic (exact) mass is 265 g/mol. The summed E-state index contributed by atoms with van der Waals surface area (Å²) in [5, 5.41) is 6.11. The number of ether oxygens (including phenoxy) is 1. The molecule has 0 radical (unpaired) electrons. The third kappa shape index (κ3) is 3.01. The molecule has 0 fully saturated rings. The van der Waals surface area contributed by atoms with E-state index >= 15 is 0 Å². The van der Waals surface area contributed by atoms with Gasteiger partial charge in [-0.3, -0.25) is 9.78 Å². The SMILES string of the molecule is COc1cccc(CSc2n[nH]c(=O)[nH]c2=O)c1. The highest BCUT2D eigenvalue weighted by atomic mass is 32.2. The first kappa shape index (κ1) is 12.4. The van der Waals surface area contributed by atoms with E-state index < -0.39 is 11.2 Å². The number of benzene rings is 1. The summed E-state index contributed by atoms with van der Waals surface area (Å²) in [5.41, 5.74) is -0.0795. The zero-order valence-electron chi connectivity index (χ0n) is 9.60. The molecule has 0 saturated carbocycles. The summed E-state index contributed by atoms with van der Waals surface area (Å²) in [5.74, 6) is 1.33. The Labute approximate surface area is 106 Å². The van der Waals surface area contributed by atoms with Gasteiger partial charge < -0.3 is 4.74 Å². The van der Waals surface area contributed by atoms with E-state index in [9.17, 15) is 9.59 Å². The van der Waals surface area contributed by atoms with Crippen molar-refractivity contribution in [2.24, 2.45) is 0 Å². The van der Waals surface area contributed by atoms with Gasteiger partial charge >= 0.3 is 5.69 Å². The second kappa shape index (κ2) is 5.54. The molecule has 0 amide bonds. The molecule has 2 aromatic rings. The molecule has 2 rings (SSSR count). The van der Waals surface area contributed by atoms with E-state index in [0.717, 1.165) is 11.3 Å². The predicted octanol–water partition coefficient (Wildman–Crippen LogP) is 0.759. The Morgan fingerprint density at radius 1 is 1.39 bits per heavy atom. The first-order chi connectivity index (χ1) is 8.69. The van der Waals surface area contributed by atoms with Crippen LogP contribution >= 0.6 is 11.8 Å². The molecule has 7 heteroatoms. The van der Waals surface area contributed by atoms with Crippen LogP contribution in [0.25, 0.3) is 0 Å². The minimum Gasteiger partial charge on any atom is -0.497 e. The molecule has 18 heavy (non-hydrogen) atoms. The molecule has 6 nitrogen and oxygen atoms in total. The Kier molecular flexibility index (Phi) is 3.83. The van der Waals surface area contributed by atoms with Gasteiger partial charge in [0.15, 0.2) is 5.03 Å². The van der Waals surface area contributed by atoms with Crippen molar-refractivity contribution < 1.29 is 4.74 Å². The summed E-state index contributed by atoms with van der Waals surface area (Å²) < 4.78 is 5.11. The standard InChI is InChI=1S/C11H11N3O3S/c1-17-8-4-2-3-7(5-8)6-18-10-9(15)12-11(16)14-13-10/h2-5H,6H2,1H3,(H2,12,14,15,16). The largest absolute Gasteiger partial charge is 0.497 e. The Morgan fingerprint density at radius 3 is 2.94 bits per heavy atom. The molecule has 0 spiro atoms. The van der Waals surface area contributed by atoms with Crippen molar-refractivity contribution in [3.05, 3.63) is 50.7 Å². The molecular formula is C11H11N3O3S. The lowest BCUT2D eigenvalue weighted by molar-refractivity contribution is 0.414. The number of methoxy groups -OCH3 is 1. The molecule has 0 unspecified atom stereocenters. The molecule has 0 saturated heterocycles. The first-order valence-electron chi connectivity index (χ1n) is 5.14. The van der Waals surface area contributed by atoms with Crippen LogP contribution in [0.1, 0.15) is 5.56 Å². The van der Waals surface area contributed by atoms with Gasteiger partial charge in [0.05, 0.1) is 7.11 Å². The first-order valence-corrected chi connectivity index (χ1v) is 6.12. The van der Waals surface area contributed by atoms with Gasteiger partial charge in [0.2, 0.25) is 0 Å². The summed E-state index contributed by atoms with van der Waals surface area (Å²) >= 11 is 1.25. The lowest BCUT2D eigenvalue weighted by atomic mass is 10.2. The van der Waals surface area contributed by atoms with Gasteiger partial charge in [-0.15, -0.1) is 0 Å². The van der Waals surface area contributed by atoms with Crippen LogP contribution in [0.15, 0.2) is 38.9 Å². The molecule has 1 aromatic heterocycles. The molecule has 2 N–H and O–H groups in total. The van der Waals surface area contributed by atoms with Crippen molar-refractivity contribution in [1.29, 1.82) is 0 Å². The topological polar surface area (TPSA) is 87.8 Å². The Balaban J connectivity index is 2.11. The highest BCUT2D eigenvalue weighted by Crippen LogP contribution is 2.20. The number of rotatable bonds is 4. The number of thioether (sulfide) groups is 1. The maximum atomic E-state index is 11.4. The summed E-state index contributed by atoms with van der Waals surface area (Å²) in [6, 6.07) is 7.53. The zero-order chi connectivity index (χ0) is 13.0. The van der Waals surface area contributed by atoms with Crippen LogP contribution in [0.5, 0.6) is 5.75 Å². The van der Waals surface area contributed by atoms with E-state index in [1.54, 1.807) is 7.11 Å². The van der Waals surface area contributed by atoms with Crippen LogP contribution in [0.4, 0.5) is 0 Å². The lowest BCUT2D eigenvalue weighted by Crippen LogP contribution is -2.24. The van der Waals surface area contributed by atoms with Crippen molar-refractivity contribution in [2.75, 3.05) is 7.11 Å². The van der Waals surface area contributed by atoms with Gasteiger partial charge in [0, 0.05) is 5.75 Å². The molecule has 0 aliphatic heterocycles. The smallest absolute Gasteiger partial charge is 0.342 e. The summed E-state index contributed by atoms with van der Waals surface area (Å²) in [6.45, 7) is 0. The summed E-state index contributed by atoms with van der Waals surface area (Å²) in [7, 11) is 1.60. The Morgan fingerprint density at radius 2 is 2.22 bits per heavy atom. The van der Waals surface area contributed by atoms with E-state index in [4.69, 9.17) is 4.74 Å². The van der Waals surface area contributed by atoms with Crippen molar-refractivity contribution in [3.8, 4) is 5.75 Å². The number of aromatic nitrogens is 3. The van der Waals surface area contributed by atoms with Gasteiger partial charge in [0.25, 0.3) is 5.56 Å². The van der Waals surface area contributed by atoms with Crippen LogP contribution in [0.2, 0.25) is 0 Å².